The summed E-state index contributed by atoms with van der Waals surface area (Å²) in [5.41, 5.74) is 0. The summed E-state index contributed by atoms with van der Waals surface area (Å²) < 4.78 is 0. The van der Waals surface area contributed by atoms with Gasteiger partial charge in [0.25, 0.3) is 0 Å². The molecule has 0 aliphatic carbocycles. The van der Waals surface area contributed by atoms with Gasteiger partial charge in [-0.25, -0.2) is 0 Å². The number of hydrogen-bond acceptors (Lipinski definition) is 2. The number of hydrogen-bond donors (Lipinski definition) is 1. The average molecular weight is 114 g/mol. The first kappa shape index (κ1) is 7.37. The van der Waals surface area contributed by atoms with E-state index < -0.39 is 0 Å². The molecule has 0 bridgehead atoms. The fraction of sp³-hybridized carbons (Fsp3) is 0.500. The first-order valence-corrected chi connectivity index (χ1v) is 2.52. The van der Waals surface area contributed by atoms with Crippen LogP contribution >= 0.6 is 0 Å². The van der Waals surface area contributed by atoms with Gasteiger partial charge in [-0.2, -0.15) is 0 Å². The fourth-order valence-corrected chi connectivity index (χ4v) is 0.324. The van der Waals surface area contributed by atoms with Crippen LogP contribution in [0.3, 0.4) is 0 Å². The summed E-state index contributed by atoms with van der Waals surface area (Å²) in [7, 11) is 0. The molecule has 0 aromatic carbocycles. The minimum Gasteiger partial charge on any atom is -0.392 e. The highest BCUT2D eigenvalue weighted by Gasteiger charge is 1.82. The molecular weight excluding hydrogens is 104 g/mol. The zero-order valence-corrected chi connectivity index (χ0v) is 4.92. The van der Waals surface area contributed by atoms with Gasteiger partial charge in [0, 0.05) is 6.42 Å². The maximum atomic E-state index is 10.2. The summed E-state index contributed by atoms with van der Waals surface area (Å²) >= 11 is 0. The standard InChI is InChI=1S/C6H10O2/c1-6(8)4-2-3-5-7/h2-3,7H,4-5H2,1H3/b3-2+. The van der Waals surface area contributed by atoms with Crippen molar-refractivity contribution in [2.45, 2.75) is 13.3 Å². The Morgan fingerprint density at radius 1 is 1.62 bits per heavy atom. The third kappa shape index (κ3) is 5.37. The molecule has 0 saturated carbocycles. The lowest BCUT2D eigenvalue weighted by atomic mass is 10.3. The monoisotopic (exact) mass is 114 g/mol. The third-order valence-corrected chi connectivity index (χ3v) is 0.677. The highest BCUT2D eigenvalue weighted by Crippen LogP contribution is 1.82. The number of carbonyl (C=O) groups excluding carboxylic acids is 1. The molecule has 0 heterocycles. The van der Waals surface area contributed by atoms with Gasteiger partial charge in [-0.15, -0.1) is 0 Å². The molecule has 2 heteroatoms. The van der Waals surface area contributed by atoms with Crippen molar-refractivity contribution in [2.24, 2.45) is 0 Å². The first-order chi connectivity index (χ1) is 3.77. The van der Waals surface area contributed by atoms with E-state index in [-0.39, 0.29) is 12.4 Å². The Balaban J connectivity index is 3.16. The van der Waals surface area contributed by atoms with Crippen LogP contribution < -0.4 is 0 Å². The molecule has 0 atom stereocenters. The van der Waals surface area contributed by atoms with Crippen LogP contribution in [-0.4, -0.2) is 17.5 Å². The molecule has 0 aliphatic heterocycles. The van der Waals surface area contributed by atoms with E-state index in [0.29, 0.717) is 6.42 Å². The van der Waals surface area contributed by atoms with Gasteiger partial charge in [0.15, 0.2) is 0 Å². The smallest absolute Gasteiger partial charge is 0.133 e. The summed E-state index contributed by atoms with van der Waals surface area (Å²) in [4.78, 5) is 10.2. The maximum absolute atomic E-state index is 10.2. The first-order valence-electron chi connectivity index (χ1n) is 2.52. The summed E-state index contributed by atoms with van der Waals surface area (Å²) in [6, 6.07) is 0. The third-order valence-electron chi connectivity index (χ3n) is 0.677. The minimum atomic E-state index is 0.0211. The lowest BCUT2D eigenvalue weighted by Crippen LogP contribution is -1.84. The van der Waals surface area contributed by atoms with E-state index >= 15 is 0 Å². The second-order valence-electron chi connectivity index (χ2n) is 1.56. The molecule has 0 unspecified atom stereocenters. The number of aliphatic hydroxyl groups is 1. The van der Waals surface area contributed by atoms with Crippen LogP contribution in [0, 0.1) is 0 Å². The number of aliphatic hydroxyl groups excluding tert-OH is 1. The van der Waals surface area contributed by atoms with Crippen molar-refractivity contribution >= 4 is 5.78 Å². The zero-order chi connectivity index (χ0) is 6.41. The van der Waals surface area contributed by atoms with Gasteiger partial charge in [-0.05, 0) is 6.92 Å². The molecule has 0 amide bonds. The maximum Gasteiger partial charge on any atom is 0.133 e. The van der Waals surface area contributed by atoms with E-state index in [1.54, 1.807) is 12.2 Å². The predicted molar refractivity (Wildman–Crippen MR) is 31.5 cm³/mol. The summed E-state index contributed by atoms with van der Waals surface area (Å²) in [6.45, 7) is 1.54. The van der Waals surface area contributed by atoms with Crippen molar-refractivity contribution < 1.29 is 9.90 Å². The van der Waals surface area contributed by atoms with Gasteiger partial charge in [0.1, 0.15) is 5.78 Å². The Morgan fingerprint density at radius 2 is 2.25 bits per heavy atom. The minimum absolute atomic E-state index is 0.0211. The second kappa shape index (κ2) is 4.53. The summed E-state index contributed by atoms with van der Waals surface area (Å²) in [5, 5.41) is 8.18. The molecule has 0 radical (unpaired) electrons. The SMILES string of the molecule is CC(=O)C/C=C/CO. The number of Topliss-reactive ketones (excluding diaryl/α,β-unsaturated/α-hetero) is 1. The Labute approximate surface area is 48.8 Å². The molecular formula is C6H10O2. The topological polar surface area (TPSA) is 37.3 Å². The van der Waals surface area contributed by atoms with E-state index in [1.807, 2.05) is 0 Å². The summed E-state index contributed by atoms with van der Waals surface area (Å²) in [6.07, 6.45) is 3.64. The van der Waals surface area contributed by atoms with Crippen LogP contribution in [0.5, 0.6) is 0 Å². The molecule has 46 valence electrons. The lowest BCUT2D eigenvalue weighted by Gasteiger charge is -1.80. The number of allylic oxidation sites excluding steroid dienone is 1. The van der Waals surface area contributed by atoms with Crippen LogP contribution in [0.4, 0.5) is 0 Å². The molecule has 1 N–H and O–H groups in total. The molecule has 0 aliphatic rings. The molecule has 8 heavy (non-hydrogen) atoms. The average Bonchev–Trinajstić information content (AvgIpc) is 1.66. The van der Waals surface area contributed by atoms with Gasteiger partial charge in [-0.1, -0.05) is 12.2 Å². The quantitative estimate of drug-likeness (QED) is 0.543. The van der Waals surface area contributed by atoms with Crippen LogP contribution in [-0.2, 0) is 4.79 Å². The Morgan fingerprint density at radius 3 is 2.62 bits per heavy atom. The van der Waals surface area contributed by atoms with Crippen molar-refractivity contribution in [3.63, 3.8) is 0 Å². The van der Waals surface area contributed by atoms with Crippen molar-refractivity contribution in [3.05, 3.63) is 12.2 Å². The number of ketones is 1. The van der Waals surface area contributed by atoms with Gasteiger partial charge in [0.2, 0.25) is 0 Å². The van der Waals surface area contributed by atoms with E-state index in [0.717, 1.165) is 0 Å². The zero-order valence-electron chi connectivity index (χ0n) is 4.92. The molecule has 0 aromatic heterocycles. The Bertz CT molecular complexity index is 94.7. The lowest BCUT2D eigenvalue weighted by molar-refractivity contribution is -0.116. The Kier molecular flexibility index (Phi) is 4.17. The largest absolute Gasteiger partial charge is 0.392 e. The van der Waals surface area contributed by atoms with Gasteiger partial charge >= 0.3 is 0 Å². The Hall–Kier alpha value is -0.630. The molecule has 2 nitrogen and oxygen atoms in total. The van der Waals surface area contributed by atoms with Gasteiger partial charge in [0.05, 0.1) is 6.61 Å². The van der Waals surface area contributed by atoms with Crippen LogP contribution in [0.2, 0.25) is 0 Å². The molecule has 0 rings (SSSR count). The summed E-state index contributed by atoms with van der Waals surface area (Å²) in [5.74, 6) is 0.120. The second-order valence-corrected chi connectivity index (χ2v) is 1.56. The van der Waals surface area contributed by atoms with Crippen LogP contribution in [0.15, 0.2) is 12.2 Å². The normalized spacial score (nSPS) is 10.2. The number of rotatable bonds is 3. The van der Waals surface area contributed by atoms with E-state index in [4.69, 9.17) is 5.11 Å². The van der Waals surface area contributed by atoms with Crippen molar-refractivity contribution in [1.29, 1.82) is 0 Å². The van der Waals surface area contributed by atoms with E-state index in [2.05, 4.69) is 0 Å². The van der Waals surface area contributed by atoms with E-state index in [9.17, 15) is 4.79 Å². The van der Waals surface area contributed by atoms with Gasteiger partial charge in [-0.3, -0.25) is 4.79 Å². The van der Waals surface area contributed by atoms with Crippen molar-refractivity contribution in [1.82, 2.24) is 0 Å². The molecule has 0 aromatic rings. The highest BCUT2D eigenvalue weighted by molar-refractivity contribution is 5.76. The molecule has 0 saturated heterocycles. The highest BCUT2D eigenvalue weighted by atomic mass is 16.2. The number of carbonyl (C=O) groups is 1. The van der Waals surface area contributed by atoms with Crippen LogP contribution in [0.25, 0.3) is 0 Å². The fourth-order valence-electron chi connectivity index (χ4n) is 0.324. The van der Waals surface area contributed by atoms with E-state index in [1.165, 1.54) is 6.92 Å². The van der Waals surface area contributed by atoms with Crippen molar-refractivity contribution in [2.75, 3.05) is 6.61 Å². The molecule has 0 fully saturated rings. The van der Waals surface area contributed by atoms with Crippen LogP contribution in [0.1, 0.15) is 13.3 Å². The van der Waals surface area contributed by atoms with Crippen molar-refractivity contribution in [3.8, 4) is 0 Å². The van der Waals surface area contributed by atoms with Gasteiger partial charge < -0.3 is 5.11 Å². The molecule has 0 spiro atoms. The predicted octanol–water partition coefficient (Wildman–Crippen LogP) is 0.514.